The van der Waals surface area contributed by atoms with E-state index in [0.717, 1.165) is 0 Å². The van der Waals surface area contributed by atoms with Gasteiger partial charge in [-0.05, 0) is 38.5 Å². The fraction of sp³-hybridized carbons (Fsp3) is 0.435. The molecule has 0 spiro atoms. The number of ether oxygens (including phenoxy) is 1. The van der Waals surface area contributed by atoms with Crippen LogP contribution < -0.4 is 5.32 Å². The SMILES string of the molecule is CC(C)(C)OC(=O)N1CCN(CC2=C(C(=O)O)C(c3ccc(F)cc3Br)N=C(c3nncs3)N2)CC1. The Labute approximate surface area is 220 Å². The van der Waals surface area contributed by atoms with Gasteiger partial charge in [0, 0.05) is 42.9 Å². The number of hydrogen-bond donors (Lipinski definition) is 2. The lowest BCUT2D eigenvalue weighted by Gasteiger charge is -2.37. The summed E-state index contributed by atoms with van der Waals surface area (Å²) in [5.74, 6) is -1.19. The van der Waals surface area contributed by atoms with Crippen molar-refractivity contribution in [2.24, 2.45) is 4.99 Å². The van der Waals surface area contributed by atoms with Crippen LogP contribution in [0.4, 0.5) is 9.18 Å². The summed E-state index contributed by atoms with van der Waals surface area (Å²) in [5.41, 5.74) is 2.02. The van der Waals surface area contributed by atoms with Gasteiger partial charge >= 0.3 is 12.1 Å². The number of nitrogens with zero attached hydrogens (tertiary/aromatic N) is 5. The summed E-state index contributed by atoms with van der Waals surface area (Å²) >= 11 is 4.63. The van der Waals surface area contributed by atoms with Crippen LogP contribution in [0, 0.1) is 5.82 Å². The smallest absolute Gasteiger partial charge is 0.410 e. The molecule has 2 aliphatic rings. The average molecular weight is 581 g/mol. The van der Waals surface area contributed by atoms with Gasteiger partial charge in [0.25, 0.3) is 0 Å². The van der Waals surface area contributed by atoms with Crippen LogP contribution in [0.1, 0.15) is 37.4 Å². The molecule has 1 amide bonds. The molecule has 1 aromatic carbocycles. The fourth-order valence-corrected chi connectivity index (χ4v) is 5.02. The molecule has 3 heterocycles. The topological polar surface area (TPSA) is 120 Å². The Hall–Kier alpha value is -2.90. The van der Waals surface area contributed by atoms with E-state index in [2.05, 4.69) is 41.3 Å². The minimum atomic E-state index is -1.13. The maximum atomic E-state index is 13.8. The molecule has 2 aliphatic heterocycles. The number of amides is 1. The number of amidine groups is 1. The minimum absolute atomic E-state index is 0.0603. The van der Waals surface area contributed by atoms with E-state index in [9.17, 15) is 19.1 Å². The van der Waals surface area contributed by atoms with Gasteiger partial charge in [-0.3, -0.25) is 9.89 Å². The van der Waals surface area contributed by atoms with E-state index in [4.69, 9.17) is 4.74 Å². The number of rotatable bonds is 5. The molecule has 192 valence electrons. The zero-order valence-electron chi connectivity index (χ0n) is 20.0. The lowest BCUT2D eigenvalue weighted by molar-refractivity contribution is -0.133. The molecule has 0 bridgehead atoms. The lowest BCUT2D eigenvalue weighted by Crippen LogP contribution is -2.51. The van der Waals surface area contributed by atoms with Gasteiger partial charge in [0.2, 0.25) is 0 Å². The molecular weight excluding hydrogens is 555 g/mol. The Morgan fingerprint density at radius 3 is 2.58 bits per heavy atom. The van der Waals surface area contributed by atoms with Crippen LogP contribution in [-0.2, 0) is 9.53 Å². The van der Waals surface area contributed by atoms with Gasteiger partial charge in [-0.15, -0.1) is 10.2 Å². The summed E-state index contributed by atoms with van der Waals surface area (Å²) in [6, 6.07) is 3.19. The van der Waals surface area contributed by atoms with Crippen LogP contribution in [0.2, 0.25) is 0 Å². The van der Waals surface area contributed by atoms with Crippen LogP contribution in [0.25, 0.3) is 0 Å². The van der Waals surface area contributed by atoms with Crippen molar-refractivity contribution < 1.29 is 23.8 Å². The average Bonchev–Trinajstić information content (AvgIpc) is 3.33. The molecular formula is C23H26BrFN6O4S. The van der Waals surface area contributed by atoms with Crippen molar-refractivity contribution in [3.05, 3.63) is 55.8 Å². The second-order valence-corrected chi connectivity index (χ2v) is 11.0. The molecule has 0 aliphatic carbocycles. The number of nitrogens with one attached hydrogen (secondary N) is 1. The maximum Gasteiger partial charge on any atom is 0.410 e. The van der Waals surface area contributed by atoms with Gasteiger partial charge in [-0.1, -0.05) is 33.3 Å². The third-order valence-corrected chi connectivity index (χ3v) is 6.97. The quantitative estimate of drug-likeness (QED) is 0.552. The van der Waals surface area contributed by atoms with Crippen molar-refractivity contribution in [2.45, 2.75) is 32.4 Å². The van der Waals surface area contributed by atoms with Crippen LogP contribution in [0.3, 0.4) is 0 Å². The normalized spacial score (nSPS) is 19.1. The first kappa shape index (κ1) is 26.2. The molecule has 0 saturated carbocycles. The summed E-state index contributed by atoms with van der Waals surface area (Å²) in [4.78, 5) is 33.2. The van der Waals surface area contributed by atoms with Gasteiger partial charge in [-0.25, -0.2) is 14.0 Å². The minimum Gasteiger partial charge on any atom is -0.478 e. The molecule has 2 aromatic rings. The Balaban J connectivity index is 1.60. The first-order valence-corrected chi connectivity index (χ1v) is 12.9. The first-order chi connectivity index (χ1) is 17.0. The maximum absolute atomic E-state index is 13.8. The number of piperazine rings is 1. The Bertz CT molecular complexity index is 1210. The predicted octanol–water partition coefficient (Wildman–Crippen LogP) is 3.42. The second kappa shape index (κ2) is 10.6. The van der Waals surface area contributed by atoms with E-state index in [0.29, 0.717) is 52.8 Å². The number of carboxylic acids is 1. The Morgan fingerprint density at radius 2 is 2.00 bits per heavy atom. The first-order valence-electron chi connectivity index (χ1n) is 11.2. The monoisotopic (exact) mass is 580 g/mol. The highest BCUT2D eigenvalue weighted by atomic mass is 79.9. The third kappa shape index (κ3) is 6.08. The highest BCUT2D eigenvalue weighted by Crippen LogP contribution is 2.36. The third-order valence-electron chi connectivity index (χ3n) is 5.58. The largest absolute Gasteiger partial charge is 0.478 e. The molecule has 36 heavy (non-hydrogen) atoms. The number of benzene rings is 1. The van der Waals surface area contributed by atoms with Crippen LogP contribution in [-0.4, -0.2) is 81.3 Å². The van der Waals surface area contributed by atoms with E-state index in [-0.39, 0.29) is 18.2 Å². The Kier molecular flexibility index (Phi) is 7.71. The number of hydrogen-bond acceptors (Lipinski definition) is 9. The molecule has 1 saturated heterocycles. The number of carboxylic acid groups (broad SMARTS) is 1. The number of carbonyl (C=O) groups excluding carboxylic acids is 1. The predicted molar refractivity (Wildman–Crippen MR) is 135 cm³/mol. The van der Waals surface area contributed by atoms with Crippen molar-refractivity contribution >= 4 is 45.2 Å². The van der Waals surface area contributed by atoms with Gasteiger partial charge < -0.3 is 20.1 Å². The molecule has 13 heteroatoms. The molecule has 10 nitrogen and oxygen atoms in total. The van der Waals surface area contributed by atoms with Crippen LogP contribution >= 0.6 is 27.3 Å². The Morgan fingerprint density at radius 1 is 1.28 bits per heavy atom. The number of aromatic nitrogens is 2. The molecule has 4 rings (SSSR count). The molecule has 2 N–H and O–H groups in total. The van der Waals surface area contributed by atoms with E-state index in [1.165, 1.54) is 29.5 Å². The van der Waals surface area contributed by atoms with Crippen molar-refractivity contribution in [1.29, 1.82) is 0 Å². The van der Waals surface area contributed by atoms with Gasteiger partial charge in [0.1, 0.15) is 23.0 Å². The number of aliphatic carboxylic acids is 1. The van der Waals surface area contributed by atoms with Crippen molar-refractivity contribution in [2.75, 3.05) is 32.7 Å². The lowest BCUT2D eigenvalue weighted by atomic mass is 9.95. The zero-order valence-corrected chi connectivity index (χ0v) is 22.4. The second-order valence-electron chi connectivity index (χ2n) is 9.36. The highest BCUT2D eigenvalue weighted by Gasteiger charge is 2.34. The van der Waals surface area contributed by atoms with E-state index >= 15 is 0 Å². The highest BCUT2D eigenvalue weighted by molar-refractivity contribution is 9.10. The molecule has 1 aromatic heterocycles. The summed E-state index contributed by atoms with van der Waals surface area (Å²) in [6.07, 6.45) is -0.365. The number of aliphatic imine (C=N–C) groups is 1. The van der Waals surface area contributed by atoms with E-state index in [1.807, 2.05) is 20.8 Å². The molecule has 0 radical (unpaired) electrons. The molecule has 1 unspecified atom stereocenters. The van der Waals surface area contributed by atoms with Crippen LogP contribution in [0.5, 0.6) is 0 Å². The van der Waals surface area contributed by atoms with Gasteiger partial charge in [0.15, 0.2) is 10.8 Å². The van der Waals surface area contributed by atoms with Gasteiger partial charge in [0.05, 0.1) is 5.57 Å². The van der Waals surface area contributed by atoms with E-state index < -0.39 is 23.4 Å². The molecule has 1 atom stereocenters. The van der Waals surface area contributed by atoms with Crippen molar-refractivity contribution in [3.63, 3.8) is 0 Å². The number of halogens is 2. The summed E-state index contributed by atoms with van der Waals surface area (Å²) in [6.45, 7) is 7.73. The summed E-state index contributed by atoms with van der Waals surface area (Å²) < 4.78 is 19.6. The summed E-state index contributed by atoms with van der Waals surface area (Å²) in [7, 11) is 0. The molecule has 1 fully saturated rings. The van der Waals surface area contributed by atoms with E-state index in [1.54, 1.807) is 10.4 Å². The van der Waals surface area contributed by atoms with Crippen molar-refractivity contribution in [3.8, 4) is 0 Å². The standard InChI is InChI=1S/C23H26BrFN6O4S/c1-23(2,3)35-22(34)31-8-6-30(7-9-31)11-16-17(21(32)33)18(14-5-4-13(25)10-15(14)24)28-19(27-16)20-29-26-12-36-20/h4-5,10,12,18H,6-9,11H2,1-3H3,(H,27,28)(H,32,33). The summed E-state index contributed by atoms with van der Waals surface area (Å²) in [5, 5.41) is 21.8. The number of carbonyl (C=O) groups is 2. The fourth-order valence-electron chi connectivity index (χ4n) is 3.94. The van der Waals surface area contributed by atoms with Crippen LogP contribution in [0.15, 0.2) is 44.4 Å². The zero-order chi connectivity index (χ0) is 26.0. The van der Waals surface area contributed by atoms with Crippen molar-refractivity contribution in [1.82, 2.24) is 25.3 Å². The van der Waals surface area contributed by atoms with Gasteiger partial charge in [-0.2, -0.15) is 0 Å².